The van der Waals surface area contributed by atoms with E-state index in [9.17, 15) is 10.2 Å². The lowest BCUT2D eigenvalue weighted by Crippen LogP contribution is -2.50. The van der Waals surface area contributed by atoms with Crippen LogP contribution in [0.3, 0.4) is 0 Å². The van der Waals surface area contributed by atoms with Crippen LogP contribution in [0.15, 0.2) is 24.4 Å². The molecule has 22 heavy (non-hydrogen) atoms. The lowest BCUT2D eigenvalue weighted by molar-refractivity contribution is -0.130. The average molecular weight is 305 g/mol. The SMILES string of the molecule is Cn1ncc2ccc(CNCC(O)C3(O)CCOCC3)cc21. The molecule has 1 fully saturated rings. The van der Waals surface area contributed by atoms with Crippen molar-refractivity contribution in [3.63, 3.8) is 0 Å². The van der Waals surface area contributed by atoms with Crippen LogP contribution < -0.4 is 5.32 Å². The smallest absolute Gasteiger partial charge is 0.0961 e. The van der Waals surface area contributed by atoms with Crippen LogP contribution in [-0.2, 0) is 18.3 Å². The summed E-state index contributed by atoms with van der Waals surface area (Å²) in [5.74, 6) is 0. The molecule has 1 aromatic carbocycles. The highest BCUT2D eigenvalue weighted by Crippen LogP contribution is 2.24. The molecule has 0 bridgehead atoms. The highest BCUT2D eigenvalue weighted by molar-refractivity contribution is 5.79. The molecule has 2 aromatic rings. The lowest BCUT2D eigenvalue weighted by Gasteiger charge is -2.36. The van der Waals surface area contributed by atoms with Crippen LogP contribution in [0.2, 0.25) is 0 Å². The molecule has 1 aromatic heterocycles. The molecule has 0 aliphatic carbocycles. The summed E-state index contributed by atoms with van der Waals surface area (Å²) in [7, 11) is 1.92. The topological polar surface area (TPSA) is 79.5 Å². The molecule has 6 nitrogen and oxygen atoms in total. The number of aryl methyl sites for hydroxylation is 1. The van der Waals surface area contributed by atoms with Crippen molar-refractivity contribution >= 4 is 10.9 Å². The van der Waals surface area contributed by atoms with Crippen molar-refractivity contribution in [3.8, 4) is 0 Å². The molecular weight excluding hydrogens is 282 g/mol. The van der Waals surface area contributed by atoms with Crippen LogP contribution in [0, 0.1) is 0 Å². The fraction of sp³-hybridized carbons (Fsp3) is 0.562. The molecule has 1 saturated heterocycles. The van der Waals surface area contributed by atoms with Crippen LogP contribution in [-0.4, -0.2) is 51.5 Å². The summed E-state index contributed by atoms with van der Waals surface area (Å²) in [5.41, 5.74) is 1.18. The van der Waals surface area contributed by atoms with Gasteiger partial charge in [-0.1, -0.05) is 12.1 Å². The molecule has 1 atom stereocenters. The standard InChI is InChI=1S/C16H23N3O3/c1-19-14-8-12(2-3-13(14)10-18-19)9-17-11-15(20)16(21)4-6-22-7-5-16/h2-3,8,10,15,17,20-21H,4-7,9,11H2,1H3. The van der Waals surface area contributed by atoms with Gasteiger partial charge >= 0.3 is 0 Å². The van der Waals surface area contributed by atoms with E-state index >= 15 is 0 Å². The average Bonchev–Trinajstić information content (AvgIpc) is 2.89. The van der Waals surface area contributed by atoms with E-state index in [1.165, 1.54) is 0 Å². The Hall–Kier alpha value is -1.47. The quantitative estimate of drug-likeness (QED) is 0.752. The van der Waals surface area contributed by atoms with Crippen LogP contribution in [0.4, 0.5) is 0 Å². The Balaban J connectivity index is 1.56. The fourth-order valence-electron chi connectivity index (χ4n) is 2.90. The number of aromatic nitrogens is 2. The first-order chi connectivity index (χ1) is 10.6. The minimum Gasteiger partial charge on any atom is -0.389 e. The number of aliphatic hydroxyl groups is 2. The predicted molar refractivity (Wildman–Crippen MR) is 83.4 cm³/mol. The van der Waals surface area contributed by atoms with Gasteiger partial charge in [-0.25, -0.2) is 0 Å². The van der Waals surface area contributed by atoms with Crippen LogP contribution in [0.1, 0.15) is 18.4 Å². The van der Waals surface area contributed by atoms with E-state index in [4.69, 9.17) is 4.74 Å². The molecule has 0 amide bonds. The minimum atomic E-state index is -1.03. The summed E-state index contributed by atoms with van der Waals surface area (Å²) >= 11 is 0. The zero-order chi connectivity index (χ0) is 15.6. The van der Waals surface area contributed by atoms with E-state index in [1.54, 1.807) is 0 Å². The Kier molecular flexibility index (Phi) is 4.44. The molecule has 1 unspecified atom stereocenters. The first-order valence-corrected chi connectivity index (χ1v) is 7.68. The maximum atomic E-state index is 10.4. The second-order valence-electron chi connectivity index (χ2n) is 6.02. The van der Waals surface area contributed by atoms with E-state index in [0.717, 1.165) is 16.5 Å². The van der Waals surface area contributed by atoms with Gasteiger partial charge in [-0.2, -0.15) is 5.10 Å². The highest BCUT2D eigenvalue weighted by atomic mass is 16.5. The number of hydrogen-bond acceptors (Lipinski definition) is 5. The van der Waals surface area contributed by atoms with Gasteiger partial charge in [0.2, 0.25) is 0 Å². The van der Waals surface area contributed by atoms with Crippen molar-refractivity contribution in [2.75, 3.05) is 19.8 Å². The summed E-state index contributed by atoms with van der Waals surface area (Å²) in [5, 5.41) is 29.2. The fourth-order valence-corrected chi connectivity index (χ4v) is 2.90. The normalized spacial score (nSPS) is 19.4. The van der Waals surface area contributed by atoms with Crippen molar-refractivity contribution < 1.29 is 14.9 Å². The summed E-state index contributed by atoms with van der Waals surface area (Å²) in [6.07, 6.45) is 2.03. The number of rotatable bonds is 5. The molecule has 120 valence electrons. The van der Waals surface area contributed by atoms with Gasteiger partial charge in [0.05, 0.1) is 23.4 Å². The van der Waals surface area contributed by atoms with Crippen molar-refractivity contribution in [3.05, 3.63) is 30.0 Å². The summed E-state index contributed by atoms with van der Waals surface area (Å²) in [4.78, 5) is 0. The summed E-state index contributed by atoms with van der Waals surface area (Å²) < 4.78 is 7.08. The number of fused-ring (bicyclic) bond motifs is 1. The van der Waals surface area contributed by atoms with Gasteiger partial charge in [-0.05, 0) is 11.6 Å². The zero-order valence-corrected chi connectivity index (χ0v) is 12.8. The van der Waals surface area contributed by atoms with Crippen LogP contribution in [0.25, 0.3) is 10.9 Å². The highest BCUT2D eigenvalue weighted by Gasteiger charge is 2.36. The maximum Gasteiger partial charge on any atom is 0.0961 e. The Labute approximate surface area is 129 Å². The van der Waals surface area contributed by atoms with Crippen molar-refractivity contribution in [2.45, 2.75) is 31.1 Å². The monoisotopic (exact) mass is 305 g/mol. The molecular formula is C16H23N3O3. The molecule has 0 saturated carbocycles. The molecule has 2 heterocycles. The zero-order valence-electron chi connectivity index (χ0n) is 12.8. The van der Waals surface area contributed by atoms with Gasteiger partial charge < -0.3 is 20.3 Å². The van der Waals surface area contributed by atoms with E-state index in [-0.39, 0.29) is 0 Å². The number of aliphatic hydroxyl groups excluding tert-OH is 1. The number of ether oxygens (including phenoxy) is 1. The Morgan fingerprint density at radius 2 is 2.18 bits per heavy atom. The van der Waals surface area contributed by atoms with Crippen molar-refractivity contribution in [2.24, 2.45) is 7.05 Å². The predicted octanol–water partition coefficient (Wildman–Crippen LogP) is 0.565. The Bertz CT molecular complexity index is 635. The first kappa shape index (κ1) is 15.4. The van der Waals surface area contributed by atoms with E-state index in [1.807, 2.05) is 30.1 Å². The minimum absolute atomic E-state index is 0.361. The Morgan fingerprint density at radius 1 is 1.41 bits per heavy atom. The van der Waals surface area contributed by atoms with Crippen molar-refractivity contribution in [1.29, 1.82) is 0 Å². The molecule has 3 N–H and O–H groups in total. The van der Waals surface area contributed by atoms with Gasteiger partial charge in [-0.15, -0.1) is 0 Å². The van der Waals surface area contributed by atoms with Gasteiger partial charge in [0, 0.05) is 51.6 Å². The molecule has 1 aliphatic heterocycles. The summed E-state index contributed by atoms with van der Waals surface area (Å²) in [6, 6.07) is 6.18. The molecule has 1 aliphatic rings. The Morgan fingerprint density at radius 3 is 2.95 bits per heavy atom. The largest absolute Gasteiger partial charge is 0.389 e. The van der Waals surface area contributed by atoms with E-state index < -0.39 is 11.7 Å². The number of benzene rings is 1. The number of nitrogens with one attached hydrogen (secondary N) is 1. The maximum absolute atomic E-state index is 10.4. The third-order valence-electron chi connectivity index (χ3n) is 4.46. The van der Waals surface area contributed by atoms with E-state index in [0.29, 0.717) is 39.1 Å². The number of hydrogen-bond donors (Lipinski definition) is 3. The van der Waals surface area contributed by atoms with Crippen LogP contribution in [0.5, 0.6) is 0 Å². The second kappa shape index (κ2) is 6.34. The van der Waals surface area contributed by atoms with E-state index in [2.05, 4.69) is 16.5 Å². The van der Waals surface area contributed by atoms with Gasteiger partial charge in [0.15, 0.2) is 0 Å². The lowest BCUT2D eigenvalue weighted by atomic mass is 9.88. The first-order valence-electron chi connectivity index (χ1n) is 7.68. The van der Waals surface area contributed by atoms with Gasteiger partial charge in [0.25, 0.3) is 0 Å². The summed E-state index contributed by atoms with van der Waals surface area (Å²) in [6.45, 7) is 2.01. The van der Waals surface area contributed by atoms with Crippen LogP contribution >= 0.6 is 0 Å². The molecule has 3 rings (SSSR count). The molecule has 0 radical (unpaired) electrons. The number of nitrogens with zero attached hydrogens (tertiary/aromatic N) is 2. The third-order valence-corrected chi connectivity index (χ3v) is 4.46. The third kappa shape index (κ3) is 3.15. The van der Waals surface area contributed by atoms with Gasteiger partial charge in [-0.3, -0.25) is 4.68 Å². The van der Waals surface area contributed by atoms with Crippen molar-refractivity contribution in [1.82, 2.24) is 15.1 Å². The van der Waals surface area contributed by atoms with Gasteiger partial charge in [0.1, 0.15) is 0 Å². The second-order valence-corrected chi connectivity index (χ2v) is 6.02. The molecule has 0 spiro atoms. The molecule has 6 heteroatoms.